The van der Waals surface area contributed by atoms with E-state index in [1.807, 2.05) is 0 Å². The van der Waals surface area contributed by atoms with Crippen molar-refractivity contribution < 1.29 is 4.42 Å². The van der Waals surface area contributed by atoms with Gasteiger partial charge < -0.3 is 10.2 Å². The van der Waals surface area contributed by atoms with Crippen LogP contribution in [-0.4, -0.2) is 0 Å². The van der Waals surface area contributed by atoms with Crippen molar-refractivity contribution in [3.05, 3.63) is 23.2 Å². The fourth-order valence-corrected chi connectivity index (χ4v) is 2.65. The molecule has 0 atom stereocenters. The molecule has 2 nitrogen and oxygen atoms in total. The Morgan fingerprint density at radius 2 is 1.94 bits per heavy atom. The van der Waals surface area contributed by atoms with Gasteiger partial charge in [0, 0.05) is 23.4 Å². The monoisotopic (exact) mass is 221 g/mol. The average molecular weight is 221 g/mol. The molecule has 0 amide bonds. The average Bonchev–Trinajstić information content (AvgIpc) is 2.85. The van der Waals surface area contributed by atoms with Gasteiger partial charge >= 0.3 is 0 Å². The molecule has 90 valence electrons. The van der Waals surface area contributed by atoms with Gasteiger partial charge in [0.05, 0.1) is 0 Å². The Bertz CT molecular complexity index is 353. The summed E-state index contributed by atoms with van der Waals surface area (Å²) in [7, 11) is 0. The minimum atomic E-state index is 0.0611. The minimum Gasteiger partial charge on any atom is -0.465 e. The Morgan fingerprint density at radius 3 is 2.38 bits per heavy atom. The zero-order valence-corrected chi connectivity index (χ0v) is 10.7. The summed E-state index contributed by atoms with van der Waals surface area (Å²) in [6.07, 6.45) is 5.24. The first-order chi connectivity index (χ1) is 7.52. The van der Waals surface area contributed by atoms with E-state index in [2.05, 4.69) is 26.8 Å². The lowest BCUT2D eigenvalue weighted by Gasteiger charge is -2.17. The molecule has 0 unspecified atom stereocenters. The molecule has 0 spiro atoms. The quantitative estimate of drug-likeness (QED) is 0.827. The maximum absolute atomic E-state index is 6.07. The molecule has 0 saturated heterocycles. The van der Waals surface area contributed by atoms with Crippen LogP contribution < -0.4 is 5.73 Å². The number of rotatable bonds is 2. The molecule has 2 heteroatoms. The molecule has 2 rings (SSSR count). The molecule has 16 heavy (non-hydrogen) atoms. The Kier molecular flexibility index (Phi) is 3.11. The summed E-state index contributed by atoms with van der Waals surface area (Å²) in [6, 6.07) is 2.19. The number of hydrogen-bond acceptors (Lipinski definition) is 2. The van der Waals surface area contributed by atoms with Gasteiger partial charge in [-0.15, -0.1) is 0 Å². The lowest BCUT2D eigenvalue weighted by atomic mass is 9.90. The zero-order valence-electron chi connectivity index (χ0n) is 10.7. The van der Waals surface area contributed by atoms with Crippen LogP contribution in [0, 0.1) is 0 Å². The molecule has 1 aliphatic carbocycles. The molecule has 1 saturated carbocycles. The van der Waals surface area contributed by atoms with Crippen molar-refractivity contribution in [3.8, 4) is 0 Å². The Hall–Kier alpha value is -0.760. The minimum absolute atomic E-state index is 0.0611. The van der Waals surface area contributed by atoms with E-state index >= 15 is 0 Å². The van der Waals surface area contributed by atoms with Gasteiger partial charge in [0.15, 0.2) is 0 Å². The standard InChI is InChI=1S/C14H23NO/c1-14(2,3)13-11(9-15)8-12(16-13)10-6-4-5-7-10/h8,10H,4-7,9,15H2,1-3H3. The smallest absolute Gasteiger partial charge is 0.113 e. The van der Waals surface area contributed by atoms with E-state index in [1.165, 1.54) is 37.0 Å². The van der Waals surface area contributed by atoms with Gasteiger partial charge in [-0.3, -0.25) is 0 Å². The van der Waals surface area contributed by atoms with Crippen LogP contribution in [0.15, 0.2) is 10.5 Å². The van der Waals surface area contributed by atoms with Crippen LogP contribution in [0.5, 0.6) is 0 Å². The predicted molar refractivity (Wildman–Crippen MR) is 66.5 cm³/mol. The number of furan rings is 1. The van der Waals surface area contributed by atoms with E-state index in [1.54, 1.807) is 0 Å². The van der Waals surface area contributed by atoms with Crippen LogP contribution in [-0.2, 0) is 12.0 Å². The highest BCUT2D eigenvalue weighted by Gasteiger charge is 2.27. The second-order valence-electron chi connectivity index (χ2n) is 5.94. The SMILES string of the molecule is CC(C)(C)c1oc(C2CCCC2)cc1CN. The second-order valence-corrected chi connectivity index (χ2v) is 5.94. The zero-order chi connectivity index (χ0) is 11.8. The van der Waals surface area contributed by atoms with Crippen LogP contribution in [0.25, 0.3) is 0 Å². The molecule has 0 aliphatic heterocycles. The van der Waals surface area contributed by atoms with E-state index in [0.29, 0.717) is 12.5 Å². The topological polar surface area (TPSA) is 39.2 Å². The van der Waals surface area contributed by atoms with Gasteiger partial charge in [0.25, 0.3) is 0 Å². The molecule has 1 aromatic heterocycles. The van der Waals surface area contributed by atoms with Crippen molar-refractivity contribution in [1.29, 1.82) is 0 Å². The molecule has 1 fully saturated rings. The first-order valence-electron chi connectivity index (χ1n) is 6.35. The molecule has 0 bridgehead atoms. The maximum Gasteiger partial charge on any atom is 0.113 e. The first kappa shape index (κ1) is 11.7. The maximum atomic E-state index is 6.07. The second kappa shape index (κ2) is 4.25. The molecule has 0 radical (unpaired) electrons. The van der Waals surface area contributed by atoms with Crippen molar-refractivity contribution >= 4 is 0 Å². The van der Waals surface area contributed by atoms with Crippen LogP contribution in [0.3, 0.4) is 0 Å². The molecular weight excluding hydrogens is 198 g/mol. The van der Waals surface area contributed by atoms with E-state index in [-0.39, 0.29) is 5.41 Å². The summed E-state index contributed by atoms with van der Waals surface area (Å²) in [5.74, 6) is 2.89. The molecule has 1 aromatic rings. The molecular formula is C14H23NO. The van der Waals surface area contributed by atoms with Crippen molar-refractivity contribution in [2.24, 2.45) is 5.73 Å². The molecule has 0 aromatic carbocycles. The highest BCUT2D eigenvalue weighted by atomic mass is 16.3. The Labute approximate surface area is 98.2 Å². The summed E-state index contributed by atoms with van der Waals surface area (Å²) >= 11 is 0. The van der Waals surface area contributed by atoms with Gasteiger partial charge in [-0.2, -0.15) is 0 Å². The summed E-state index contributed by atoms with van der Waals surface area (Å²) < 4.78 is 6.07. The van der Waals surface area contributed by atoms with Crippen molar-refractivity contribution in [1.82, 2.24) is 0 Å². The van der Waals surface area contributed by atoms with E-state index in [9.17, 15) is 0 Å². The number of hydrogen-bond donors (Lipinski definition) is 1. The highest BCUT2D eigenvalue weighted by Crippen LogP contribution is 2.38. The lowest BCUT2D eigenvalue weighted by Crippen LogP contribution is -2.13. The van der Waals surface area contributed by atoms with Crippen LogP contribution in [0.4, 0.5) is 0 Å². The highest BCUT2D eigenvalue weighted by molar-refractivity contribution is 5.28. The van der Waals surface area contributed by atoms with Crippen LogP contribution in [0.1, 0.15) is 69.5 Å². The molecule has 1 heterocycles. The van der Waals surface area contributed by atoms with Gasteiger partial charge in [0.1, 0.15) is 11.5 Å². The fraction of sp³-hybridized carbons (Fsp3) is 0.714. The van der Waals surface area contributed by atoms with E-state index in [0.717, 1.165) is 5.76 Å². The van der Waals surface area contributed by atoms with Gasteiger partial charge in [0.2, 0.25) is 0 Å². The van der Waals surface area contributed by atoms with Crippen LogP contribution >= 0.6 is 0 Å². The van der Waals surface area contributed by atoms with Gasteiger partial charge in [-0.05, 0) is 18.9 Å². The third-order valence-corrected chi connectivity index (χ3v) is 3.49. The third kappa shape index (κ3) is 2.17. The lowest BCUT2D eigenvalue weighted by molar-refractivity contribution is 0.366. The fourth-order valence-electron chi connectivity index (χ4n) is 2.65. The third-order valence-electron chi connectivity index (χ3n) is 3.49. The summed E-state index contributed by atoms with van der Waals surface area (Å²) in [6.45, 7) is 7.14. The van der Waals surface area contributed by atoms with Crippen molar-refractivity contribution in [2.45, 2.75) is 64.3 Å². The predicted octanol–water partition coefficient (Wildman–Crippen LogP) is 3.69. The van der Waals surface area contributed by atoms with Gasteiger partial charge in [-0.25, -0.2) is 0 Å². The van der Waals surface area contributed by atoms with Crippen molar-refractivity contribution in [2.75, 3.05) is 0 Å². The summed E-state index contributed by atoms with van der Waals surface area (Å²) in [4.78, 5) is 0. The normalized spacial score (nSPS) is 18.2. The van der Waals surface area contributed by atoms with Crippen molar-refractivity contribution in [3.63, 3.8) is 0 Å². The van der Waals surface area contributed by atoms with E-state index < -0.39 is 0 Å². The molecule has 2 N–H and O–H groups in total. The van der Waals surface area contributed by atoms with E-state index in [4.69, 9.17) is 10.2 Å². The van der Waals surface area contributed by atoms with Crippen LogP contribution in [0.2, 0.25) is 0 Å². The van der Waals surface area contributed by atoms with Gasteiger partial charge in [-0.1, -0.05) is 33.6 Å². The first-order valence-corrected chi connectivity index (χ1v) is 6.35. The summed E-state index contributed by atoms with van der Waals surface area (Å²) in [5.41, 5.74) is 7.05. The Balaban J connectivity index is 2.31. The summed E-state index contributed by atoms with van der Waals surface area (Å²) in [5, 5.41) is 0. The Morgan fingerprint density at radius 1 is 1.31 bits per heavy atom. The largest absolute Gasteiger partial charge is 0.465 e. The number of nitrogens with two attached hydrogens (primary N) is 1. The molecule has 1 aliphatic rings.